The molecule has 0 spiro atoms. The summed E-state index contributed by atoms with van der Waals surface area (Å²) in [6, 6.07) is 5.94. The molecular weight excluding hydrogens is 276 g/mol. The number of aromatic nitrogens is 3. The Labute approximate surface area is 108 Å². The van der Waals surface area contributed by atoms with Crippen molar-refractivity contribution in [2.45, 2.75) is 17.9 Å². The SMILES string of the molecule is CC(O)c1ccc(S(=O)(=O)Nc2nnns2)cc1. The lowest BCUT2D eigenvalue weighted by atomic mass is 10.1. The van der Waals surface area contributed by atoms with Gasteiger partial charge in [0.15, 0.2) is 0 Å². The van der Waals surface area contributed by atoms with Crippen LogP contribution in [-0.4, -0.2) is 28.3 Å². The Kier molecular flexibility index (Phi) is 3.55. The molecule has 1 heterocycles. The summed E-state index contributed by atoms with van der Waals surface area (Å²) in [5.74, 6) is 0. The molecule has 2 rings (SSSR count). The number of hydrogen-bond acceptors (Lipinski definition) is 7. The Bertz CT molecular complexity index is 608. The smallest absolute Gasteiger partial charge is 0.263 e. The third-order valence-corrected chi connectivity index (χ3v) is 4.19. The van der Waals surface area contributed by atoms with E-state index in [1.807, 2.05) is 0 Å². The predicted octanol–water partition coefficient (Wildman–Crippen LogP) is 0.787. The zero-order chi connectivity index (χ0) is 13.2. The number of rotatable bonds is 4. The van der Waals surface area contributed by atoms with E-state index in [9.17, 15) is 13.5 Å². The van der Waals surface area contributed by atoms with Crippen molar-refractivity contribution in [2.24, 2.45) is 0 Å². The van der Waals surface area contributed by atoms with Crippen molar-refractivity contribution in [1.29, 1.82) is 0 Å². The molecule has 0 saturated carbocycles. The van der Waals surface area contributed by atoms with Gasteiger partial charge in [-0.25, -0.2) is 8.42 Å². The minimum absolute atomic E-state index is 0.0853. The first-order valence-corrected chi connectivity index (χ1v) is 7.20. The highest BCUT2D eigenvalue weighted by atomic mass is 32.2. The zero-order valence-corrected chi connectivity index (χ0v) is 10.9. The van der Waals surface area contributed by atoms with Crippen LogP contribution in [0.15, 0.2) is 29.2 Å². The molecule has 1 atom stereocenters. The maximum atomic E-state index is 11.9. The molecule has 96 valence electrons. The largest absolute Gasteiger partial charge is 0.389 e. The second-order valence-corrected chi connectivity index (χ2v) is 5.93. The summed E-state index contributed by atoms with van der Waals surface area (Å²) in [4.78, 5) is 0.0853. The first kappa shape index (κ1) is 12.9. The quantitative estimate of drug-likeness (QED) is 0.860. The molecule has 18 heavy (non-hydrogen) atoms. The van der Waals surface area contributed by atoms with Gasteiger partial charge >= 0.3 is 0 Å². The summed E-state index contributed by atoms with van der Waals surface area (Å²) >= 11 is 0.850. The first-order chi connectivity index (χ1) is 8.49. The molecule has 1 unspecified atom stereocenters. The minimum Gasteiger partial charge on any atom is -0.389 e. The maximum Gasteiger partial charge on any atom is 0.263 e. The topological polar surface area (TPSA) is 105 Å². The van der Waals surface area contributed by atoms with Crippen LogP contribution in [0.25, 0.3) is 0 Å². The van der Waals surface area contributed by atoms with Gasteiger partial charge in [0.05, 0.1) is 11.0 Å². The molecular formula is C9H10N4O3S2. The molecule has 0 amide bonds. The highest BCUT2D eigenvalue weighted by Gasteiger charge is 2.16. The van der Waals surface area contributed by atoms with Gasteiger partial charge in [-0.3, -0.25) is 4.72 Å². The Morgan fingerprint density at radius 2 is 2.00 bits per heavy atom. The van der Waals surface area contributed by atoms with Crippen molar-refractivity contribution in [2.75, 3.05) is 4.72 Å². The number of sulfonamides is 1. The van der Waals surface area contributed by atoms with Gasteiger partial charge in [0, 0.05) is 11.5 Å². The number of benzene rings is 1. The lowest BCUT2D eigenvalue weighted by Crippen LogP contribution is -2.12. The van der Waals surface area contributed by atoms with Crippen molar-refractivity contribution < 1.29 is 13.5 Å². The van der Waals surface area contributed by atoms with Gasteiger partial charge in [0.2, 0.25) is 5.13 Å². The molecule has 1 aromatic heterocycles. The molecule has 0 fully saturated rings. The van der Waals surface area contributed by atoms with Crippen LogP contribution in [0.5, 0.6) is 0 Å². The van der Waals surface area contributed by atoms with Gasteiger partial charge < -0.3 is 5.11 Å². The summed E-state index contributed by atoms with van der Waals surface area (Å²) in [7, 11) is -3.69. The fraction of sp³-hybridized carbons (Fsp3) is 0.222. The molecule has 0 saturated heterocycles. The minimum atomic E-state index is -3.69. The highest BCUT2D eigenvalue weighted by molar-refractivity contribution is 7.93. The van der Waals surface area contributed by atoms with E-state index in [2.05, 4.69) is 19.5 Å². The molecule has 2 N–H and O–H groups in total. The standard InChI is InChI=1S/C9H10N4O3S2/c1-6(14)7-2-4-8(5-3-7)18(15,16)11-9-10-12-13-17-9/h2-6,14H,1H3,(H,10,11,13). The highest BCUT2D eigenvalue weighted by Crippen LogP contribution is 2.18. The summed E-state index contributed by atoms with van der Waals surface area (Å²) in [5, 5.41) is 16.2. The monoisotopic (exact) mass is 286 g/mol. The van der Waals surface area contributed by atoms with E-state index in [1.165, 1.54) is 12.1 Å². The van der Waals surface area contributed by atoms with E-state index < -0.39 is 16.1 Å². The summed E-state index contributed by atoms with van der Waals surface area (Å²) in [5.41, 5.74) is 0.645. The van der Waals surface area contributed by atoms with Gasteiger partial charge in [0.1, 0.15) is 0 Å². The van der Waals surface area contributed by atoms with Crippen LogP contribution >= 0.6 is 11.5 Å². The fourth-order valence-corrected chi connectivity index (χ4v) is 2.86. The second-order valence-electron chi connectivity index (χ2n) is 3.52. The number of anilines is 1. The van der Waals surface area contributed by atoms with Crippen molar-refractivity contribution >= 4 is 26.7 Å². The van der Waals surface area contributed by atoms with Gasteiger partial charge in [-0.05, 0) is 29.8 Å². The van der Waals surface area contributed by atoms with Crippen LogP contribution in [0.1, 0.15) is 18.6 Å². The van der Waals surface area contributed by atoms with Crippen molar-refractivity contribution in [3.63, 3.8) is 0 Å². The van der Waals surface area contributed by atoms with Crippen LogP contribution in [0.3, 0.4) is 0 Å². The average molecular weight is 286 g/mol. The number of hydrogen-bond donors (Lipinski definition) is 2. The second kappa shape index (κ2) is 4.96. The van der Waals surface area contributed by atoms with Crippen LogP contribution in [0, 0.1) is 0 Å². The van der Waals surface area contributed by atoms with E-state index in [1.54, 1.807) is 19.1 Å². The van der Waals surface area contributed by atoms with Gasteiger partial charge in [-0.1, -0.05) is 21.7 Å². The molecule has 0 radical (unpaired) electrons. The molecule has 0 aliphatic carbocycles. The first-order valence-electron chi connectivity index (χ1n) is 4.95. The Morgan fingerprint density at radius 1 is 1.33 bits per heavy atom. The van der Waals surface area contributed by atoms with Crippen molar-refractivity contribution in [3.8, 4) is 0 Å². The van der Waals surface area contributed by atoms with Gasteiger partial charge in [0.25, 0.3) is 10.0 Å². The lowest BCUT2D eigenvalue weighted by Gasteiger charge is -2.07. The third-order valence-electron chi connectivity index (χ3n) is 2.19. The fourth-order valence-electron chi connectivity index (χ4n) is 1.27. The molecule has 7 nitrogen and oxygen atoms in total. The van der Waals surface area contributed by atoms with E-state index >= 15 is 0 Å². The van der Waals surface area contributed by atoms with E-state index in [-0.39, 0.29) is 10.0 Å². The van der Waals surface area contributed by atoms with Gasteiger partial charge in [-0.2, -0.15) is 0 Å². The van der Waals surface area contributed by atoms with Crippen molar-refractivity contribution in [3.05, 3.63) is 29.8 Å². The summed E-state index contributed by atoms with van der Waals surface area (Å²) < 4.78 is 29.5. The average Bonchev–Trinajstić information content (AvgIpc) is 2.81. The van der Waals surface area contributed by atoms with E-state index in [0.29, 0.717) is 5.56 Å². The van der Waals surface area contributed by atoms with Crippen LogP contribution in [0.2, 0.25) is 0 Å². The van der Waals surface area contributed by atoms with Crippen LogP contribution in [-0.2, 0) is 10.0 Å². The molecule has 9 heteroatoms. The Hall–Kier alpha value is -1.58. The third kappa shape index (κ3) is 2.81. The predicted molar refractivity (Wildman–Crippen MR) is 65.6 cm³/mol. The van der Waals surface area contributed by atoms with E-state index in [0.717, 1.165) is 11.5 Å². The Balaban J connectivity index is 2.25. The maximum absolute atomic E-state index is 11.9. The zero-order valence-electron chi connectivity index (χ0n) is 9.31. The molecule has 0 bridgehead atoms. The van der Waals surface area contributed by atoms with E-state index in [4.69, 9.17) is 0 Å². The molecule has 0 aliphatic rings. The Morgan fingerprint density at radius 3 is 2.50 bits per heavy atom. The summed E-state index contributed by atoms with van der Waals surface area (Å²) in [6.07, 6.45) is -0.637. The lowest BCUT2D eigenvalue weighted by molar-refractivity contribution is 0.199. The summed E-state index contributed by atoms with van der Waals surface area (Å²) in [6.45, 7) is 1.61. The molecule has 1 aromatic carbocycles. The van der Waals surface area contributed by atoms with Crippen LogP contribution in [0.4, 0.5) is 5.13 Å². The number of nitrogens with one attached hydrogen (secondary N) is 1. The number of aliphatic hydroxyl groups is 1. The number of aliphatic hydroxyl groups excluding tert-OH is 1. The normalized spacial score (nSPS) is 13.2. The number of nitrogens with zero attached hydrogens (tertiary/aromatic N) is 3. The molecule has 0 aliphatic heterocycles. The van der Waals surface area contributed by atoms with Crippen molar-refractivity contribution in [1.82, 2.24) is 14.8 Å². The molecule has 2 aromatic rings. The van der Waals surface area contributed by atoms with Gasteiger partial charge in [-0.15, -0.1) is 0 Å². The van der Waals surface area contributed by atoms with Crippen LogP contribution < -0.4 is 4.72 Å².